The van der Waals surface area contributed by atoms with Crippen LogP contribution in [0.4, 0.5) is 0 Å². The number of benzene rings is 2. The van der Waals surface area contributed by atoms with Crippen molar-refractivity contribution in [2.24, 2.45) is 5.16 Å². The van der Waals surface area contributed by atoms with E-state index in [0.29, 0.717) is 0 Å². The molecule has 0 atom stereocenters. The number of oxime groups is 1. The van der Waals surface area contributed by atoms with Gasteiger partial charge in [-0.05, 0) is 49.9 Å². The minimum absolute atomic E-state index is 0.736. The molecule has 1 heterocycles. The molecule has 3 nitrogen and oxygen atoms in total. The normalized spacial score (nSPS) is 16.2. The summed E-state index contributed by atoms with van der Waals surface area (Å²) >= 11 is 0. The van der Waals surface area contributed by atoms with E-state index in [-0.39, 0.29) is 0 Å². The molecule has 0 unspecified atom stereocenters. The summed E-state index contributed by atoms with van der Waals surface area (Å²) in [4.78, 5) is 2.38. The van der Waals surface area contributed by atoms with Gasteiger partial charge in [0.2, 0.25) is 0 Å². The van der Waals surface area contributed by atoms with E-state index >= 15 is 0 Å². The number of likely N-dealkylation sites (tertiary alicyclic amines) is 1. The van der Waals surface area contributed by atoms with Crippen LogP contribution < -0.4 is 0 Å². The van der Waals surface area contributed by atoms with E-state index in [1.807, 2.05) is 0 Å². The Labute approximate surface area is 144 Å². The molecule has 1 aliphatic heterocycles. The molecule has 3 rings (SSSR count). The fraction of sp³-hybridized carbons (Fsp3) is 0.381. The van der Waals surface area contributed by atoms with E-state index in [9.17, 15) is 5.21 Å². The van der Waals surface area contributed by atoms with Gasteiger partial charge in [-0.25, -0.2) is 0 Å². The first kappa shape index (κ1) is 16.7. The summed E-state index contributed by atoms with van der Waals surface area (Å²) in [6, 6.07) is 19.0. The highest BCUT2D eigenvalue weighted by Crippen LogP contribution is 2.13. The van der Waals surface area contributed by atoms with Crippen LogP contribution in [0.1, 0.15) is 36.0 Å². The Morgan fingerprint density at radius 3 is 2.08 bits per heavy atom. The molecule has 0 radical (unpaired) electrons. The van der Waals surface area contributed by atoms with Crippen molar-refractivity contribution in [3.63, 3.8) is 0 Å². The van der Waals surface area contributed by atoms with E-state index in [1.54, 1.807) is 0 Å². The van der Waals surface area contributed by atoms with Crippen LogP contribution in [-0.2, 0) is 12.8 Å². The van der Waals surface area contributed by atoms with Gasteiger partial charge in [0.05, 0.1) is 0 Å². The van der Waals surface area contributed by atoms with Gasteiger partial charge in [0.25, 0.3) is 0 Å². The molecule has 126 valence electrons. The van der Waals surface area contributed by atoms with Crippen molar-refractivity contribution in [3.8, 4) is 0 Å². The third-order valence-corrected chi connectivity index (χ3v) is 4.78. The second-order valence-corrected chi connectivity index (χ2v) is 6.57. The largest absolute Gasteiger partial charge is 0.411 e. The lowest BCUT2D eigenvalue weighted by molar-refractivity contribution is 0.253. The van der Waals surface area contributed by atoms with Crippen LogP contribution in [0.15, 0.2) is 59.8 Å². The Balaban J connectivity index is 1.58. The Bertz CT molecular complexity index is 643. The lowest BCUT2D eigenvalue weighted by atomic mass is 10.0. The molecule has 2 aromatic rings. The molecule has 1 aliphatic rings. The Kier molecular flexibility index (Phi) is 6.02. The van der Waals surface area contributed by atoms with Crippen LogP contribution in [0.2, 0.25) is 0 Å². The highest BCUT2D eigenvalue weighted by atomic mass is 16.4. The first-order valence-corrected chi connectivity index (χ1v) is 8.92. The van der Waals surface area contributed by atoms with Crippen molar-refractivity contribution in [2.75, 3.05) is 19.6 Å². The van der Waals surface area contributed by atoms with E-state index in [2.05, 4.69) is 64.7 Å². The van der Waals surface area contributed by atoms with Crippen molar-refractivity contribution in [1.29, 1.82) is 0 Å². The average Bonchev–Trinajstić information content (AvgIpc) is 2.67. The SMILES string of the molecule is O/N=C(\CN1CCCCC1)c1ccc(CCc2ccccc2)cc1. The molecule has 0 saturated carbocycles. The summed E-state index contributed by atoms with van der Waals surface area (Å²) < 4.78 is 0. The van der Waals surface area contributed by atoms with Crippen LogP contribution in [0.25, 0.3) is 0 Å². The van der Waals surface area contributed by atoms with Crippen LogP contribution in [0.5, 0.6) is 0 Å². The number of nitrogens with zero attached hydrogens (tertiary/aromatic N) is 2. The topological polar surface area (TPSA) is 35.8 Å². The zero-order chi connectivity index (χ0) is 16.6. The fourth-order valence-electron chi connectivity index (χ4n) is 3.31. The predicted octanol–water partition coefficient (Wildman–Crippen LogP) is 4.14. The lowest BCUT2D eigenvalue weighted by Gasteiger charge is -2.26. The van der Waals surface area contributed by atoms with Crippen LogP contribution in [-0.4, -0.2) is 35.5 Å². The van der Waals surface area contributed by atoms with Crippen molar-refractivity contribution < 1.29 is 5.21 Å². The van der Waals surface area contributed by atoms with Crippen molar-refractivity contribution >= 4 is 5.71 Å². The summed E-state index contributed by atoms with van der Waals surface area (Å²) in [5, 5.41) is 12.9. The van der Waals surface area contributed by atoms with Gasteiger partial charge in [-0.1, -0.05) is 66.2 Å². The molecule has 0 aromatic heterocycles. The van der Waals surface area contributed by atoms with E-state index in [1.165, 1.54) is 30.4 Å². The summed E-state index contributed by atoms with van der Waals surface area (Å²) in [5.41, 5.74) is 4.47. The predicted molar refractivity (Wildman–Crippen MR) is 98.9 cm³/mol. The lowest BCUT2D eigenvalue weighted by Crippen LogP contribution is -2.34. The van der Waals surface area contributed by atoms with E-state index < -0.39 is 0 Å². The summed E-state index contributed by atoms with van der Waals surface area (Å²) in [6.45, 7) is 2.95. The number of rotatable bonds is 6. The Morgan fingerprint density at radius 1 is 0.833 bits per heavy atom. The van der Waals surface area contributed by atoms with Gasteiger partial charge < -0.3 is 5.21 Å². The summed E-state index contributed by atoms with van der Waals surface area (Å²) in [5.74, 6) is 0. The molecular weight excluding hydrogens is 296 g/mol. The van der Waals surface area contributed by atoms with E-state index in [4.69, 9.17) is 0 Å². The van der Waals surface area contributed by atoms with Crippen molar-refractivity contribution in [2.45, 2.75) is 32.1 Å². The second kappa shape index (κ2) is 8.65. The quantitative estimate of drug-likeness (QED) is 0.493. The number of aryl methyl sites for hydroxylation is 2. The molecule has 24 heavy (non-hydrogen) atoms. The highest BCUT2D eigenvalue weighted by Gasteiger charge is 2.14. The number of hydrogen-bond donors (Lipinski definition) is 1. The third-order valence-electron chi connectivity index (χ3n) is 4.78. The standard InChI is InChI=1S/C21H26N2O/c24-22-21(17-23-15-5-2-6-16-23)20-13-11-19(12-14-20)10-9-18-7-3-1-4-8-18/h1,3-4,7-8,11-14,24H,2,5-6,9-10,15-17H2/b22-21+. The molecular formula is C21H26N2O. The van der Waals surface area contributed by atoms with Crippen LogP contribution >= 0.6 is 0 Å². The maximum absolute atomic E-state index is 9.39. The molecule has 0 bridgehead atoms. The maximum Gasteiger partial charge on any atom is 0.101 e. The zero-order valence-corrected chi connectivity index (χ0v) is 14.2. The van der Waals surface area contributed by atoms with Crippen molar-refractivity contribution in [1.82, 2.24) is 4.90 Å². The molecule has 0 amide bonds. The highest BCUT2D eigenvalue weighted by molar-refractivity contribution is 6.01. The molecule has 0 spiro atoms. The zero-order valence-electron chi connectivity index (χ0n) is 14.2. The Morgan fingerprint density at radius 2 is 1.46 bits per heavy atom. The minimum Gasteiger partial charge on any atom is -0.411 e. The smallest absolute Gasteiger partial charge is 0.101 e. The second-order valence-electron chi connectivity index (χ2n) is 6.57. The number of piperidine rings is 1. The van der Waals surface area contributed by atoms with Gasteiger partial charge in [-0.3, -0.25) is 4.90 Å². The monoisotopic (exact) mass is 322 g/mol. The third kappa shape index (κ3) is 4.68. The molecule has 2 aromatic carbocycles. The number of hydrogen-bond acceptors (Lipinski definition) is 3. The van der Waals surface area contributed by atoms with Gasteiger partial charge in [-0.15, -0.1) is 0 Å². The summed E-state index contributed by atoms with van der Waals surface area (Å²) in [7, 11) is 0. The minimum atomic E-state index is 0.736. The van der Waals surface area contributed by atoms with Gasteiger partial charge >= 0.3 is 0 Å². The van der Waals surface area contributed by atoms with Gasteiger partial charge in [0, 0.05) is 12.1 Å². The maximum atomic E-state index is 9.39. The van der Waals surface area contributed by atoms with E-state index in [0.717, 1.165) is 43.8 Å². The summed E-state index contributed by atoms with van der Waals surface area (Å²) in [6.07, 6.45) is 5.89. The van der Waals surface area contributed by atoms with Gasteiger partial charge in [-0.2, -0.15) is 0 Å². The van der Waals surface area contributed by atoms with Crippen LogP contribution in [0.3, 0.4) is 0 Å². The van der Waals surface area contributed by atoms with Crippen molar-refractivity contribution in [3.05, 3.63) is 71.3 Å². The first-order valence-electron chi connectivity index (χ1n) is 8.92. The molecule has 0 aliphatic carbocycles. The van der Waals surface area contributed by atoms with Gasteiger partial charge in [0.1, 0.15) is 5.71 Å². The fourth-order valence-corrected chi connectivity index (χ4v) is 3.31. The van der Waals surface area contributed by atoms with Crippen LogP contribution in [0, 0.1) is 0 Å². The molecule has 1 fully saturated rings. The van der Waals surface area contributed by atoms with Gasteiger partial charge in [0.15, 0.2) is 0 Å². The first-order chi connectivity index (χ1) is 11.8. The molecule has 3 heteroatoms. The molecule has 1 N–H and O–H groups in total. The average molecular weight is 322 g/mol. The molecule has 1 saturated heterocycles. The Hall–Kier alpha value is -2.13.